The molecule has 1 saturated heterocycles. The second kappa shape index (κ2) is 8.17. The SMILES string of the molecule is O=C(Cc1csc(NC(=O)c2ccccc2F)n1)NCC1CCCO1. The lowest BCUT2D eigenvalue weighted by Crippen LogP contribution is -2.32. The van der Waals surface area contributed by atoms with Gasteiger partial charge >= 0.3 is 0 Å². The van der Waals surface area contributed by atoms with Crippen molar-refractivity contribution >= 4 is 28.3 Å². The molecule has 132 valence electrons. The van der Waals surface area contributed by atoms with Gasteiger partial charge in [0.2, 0.25) is 5.91 Å². The predicted molar refractivity (Wildman–Crippen MR) is 92.2 cm³/mol. The van der Waals surface area contributed by atoms with E-state index >= 15 is 0 Å². The van der Waals surface area contributed by atoms with Crippen molar-refractivity contribution < 1.29 is 18.7 Å². The number of hydrogen-bond acceptors (Lipinski definition) is 5. The minimum atomic E-state index is -0.592. The van der Waals surface area contributed by atoms with Gasteiger partial charge in [-0.2, -0.15) is 0 Å². The zero-order chi connectivity index (χ0) is 17.6. The monoisotopic (exact) mass is 363 g/mol. The molecule has 0 spiro atoms. The number of nitrogens with zero attached hydrogens (tertiary/aromatic N) is 1. The van der Waals surface area contributed by atoms with Crippen LogP contribution in [-0.4, -0.2) is 36.1 Å². The highest BCUT2D eigenvalue weighted by Crippen LogP contribution is 2.18. The Morgan fingerprint density at radius 3 is 2.96 bits per heavy atom. The maximum atomic E-state index is 13.6. The van der Waals surface area contributed by atoms with Crippen molar-refractivity contribution in [1.82, 2.24) is 10.3 Å². The summed E-state index contributed by atoms with van der Waals surface area (Å²) in [5, 5.41) is 7.39. The van der Waals surface area contributed by atoms with Gasteiger partial charge in [0.05, 0.1) is 23.8 Å². The van der Waals surface area contributed by atoms with Crippen molar-refractivity contribution in [2.45, 2.75) is 25.4 Å². The number of rotatable bonds is 6. The molecule has 2 aromatic rings. The summed E-state index contributed by atoms with van der Waals surface area (Å²) in [5.41, 5.74) is 0.507. The van der Waals surface area contributed by atoms with Gasteiger partial charge in [-0.05, 0) is 25.0 Å². The number of thiazole rings is 1. The molecule has 0 radical (unpaired) electrons. The van der Waals surface area contributed by atoms with Crippen LogP contribution in [0.4, 0.5) is 9.52 Å². The van der Waals surface area contributed by atoms with Crippen molar-refractivity contribution in [2.24, 2.45) is 0 Å². The Hall–Kier alpha value is -2.32. The molecule has 1 atom stereocenters. The molecule has 3 rings (SSSR count). The summed E-state index contributed by atoms with van der Waals surface area (Å²) in [7, 11) is 0. The number of carbonyl (C=O) groups is 2. The third kappa shape index (κ3) is 4.83. The molecular formula is C17H18FN3O3S. The Balaban J connectivity index is 1.50. The summed E-state index contributed by atoms with van der Waals surface area (Å²) < 4.78 is 19.0. The van der Waals surface area contributed by atoms with Gasteiger partial charge in [0, 0.05) is 18.5 Å². The van der Waals surface area contributed by atoms with E-state index in [9.17, 15) is 14.0 Å². The van der Waals surface area contributed by atoms with Crippen molar-refractivity contribution in [1.29, 1.82) is 0 Å². The molecule has 1 aromatic carbocycles. The third-order valence-corrected chi connectivity index (χ3v) is 4.59. The first-order chi connectivity index (χ1) is 12.1. The summed E-state index contributed by atoms with van der Waals surface area (Å²) in [4.78, 5) is 28.2. The molecule has 2 heterocycles. The van der Waals surface area contributed by atoms with Gasteiger partial charge < -0.3 is 10.1 Å². The lowest BCUT2D eigenvalue weighted by atomic mass is 10.2. The topological polar surface area (TPSA) is 80.3 Å². The van der Waals surface area contributed by atoms with Crippen LogP contribution in [0.5, 0.6) is 0 Å². The van der Waals surface area contributed by atoms with Crippen LogP contribution in [0.1, 0.15) is 28.9 Å². The molecule has 25 heavy (non-hydrogen) atoms. The first kappa shape index (κ1) is 17.5. The molecule has 0 saturated carbocycles. The molecule has 6 nitrogen and oxygen atoms in total. The normalized spacial score (nSPS) is 16.6. The Bertz CT molecular complexity index is 759. The van der Waals surface area contributed by atoms with Crippen LogP contribution in [0, 0.1) is 5.82 Å². The summed E-state index contributed by atoms with van der Waals surface area (Å²) in [6.45, 7) is 1.25. The Kier molecular flexibility index (Phi) is 5.72. The van der Waals surface area contributed by atoms with Gasteiger partial charge in [-0.3, -0.25) is 14.9 Å². The van der Waals surface area contributed by atoms with E-state index in [0.717, 1.165) is 19.4 Å². The second-order valence-electron chi connectivity index (χ2n) is 5.69. The van der Waals surface area contributed by atoms with Crippen LogP contribution in [0.25, 0.3) is 0 Å². The van der Waals surface area contributed by atoms with Crippen LogP contribution < -0.4 is 10.6 Å². The van der Waals surface area contributed by atoms with Gasteiger partial charge in [0.1, 0.15) is 5.82 Å². The summed E-state index contributed by atoms with van der Waals surface area (Å²) >= 11 is 1.19. The summed E-state index contributed by atoms with van der Waals surface area (Å²) in [6, 6.07) is 5.73. The molecule has 8 heteroatoms. The summed E-state index contributed by atoms with van der Waals surface area (Å²) in [6.07, 6.45) is 2.20. The summed E-state index contributed by atoms with van der Waals surface area (Å²) in [5.74, 6) is -1.31. The quantitative estimate of drug-likeness (QED) is 0.826. The molecule has 0 aliphatic carbocycles. The van der Waals surface area contributed by atoms with Crippen LogP contribution in [0.3, 0.4) is 0 Å². The van der Waals surface area contributed by atoms with E-state index in [1.165, 1.54) is 29.5 Å². The molecule has 1 unspecified atom stereocenters. The Morgan fingerprint density at radius 2 is 2.20 bits per heavy atom. The number of halogens is 1. The number of carbonyl (C=O) groups excluding carboxylic acids is 2. The molecule has 1 aliphatic heterocycles. The average Bonchev–Trinajstić information content (AvgIpc) is 3.25. The lowest BCUT2D eigenvalue weighted by Gasteiger charge is -2.09. The minimum absolute atomic E-state index is 0.0476. The van der Waals surface area contributed by atoms with Gasteiger partial charge in [-0.25, -0.2) is 9.37 Å². The molecule has 1 fully saturated rings. The number of anilines is 1. The fourth-order valence-corrected chi connectivity index (χ4v) is 3.22. The number of benzene rings is 1. The van der Waals surface area contributed by atoms with Crippen molar-refractivity contribution in [3.8, 4) is 0 Å². The largest absolute Gasteiger partial charge is 0.376 e. The van der Waals surface area contributed by atoms with Crippen LogP contribution >= 0.6 is 11.3 Å². The molecule has 1 aromatic heterocycles. The predicted octanol–water partition coefficient (Wildman–Crippen LogP) is 2.37. The molecular weight excluding hydrogens is 345 g/mol. The first-order valence-electron chi connectivity index (χ1n) is 8.00. The van der Waals surface area contributed by atoms with Crippen molar-refractivity contribution in [3.63, 3.8) is 0 Å². The highest BCUT2D eigenvalue weighted by atomic mass is 32.1. The van der Waals surface area contributed by atoms with Gasteiger partial charge in [-0.15, -0.1) is 11.3 Å². The zero-order valence-electron chi connectivity index (χ0n) is 13.5. The fourth-order valence-electron chi connectivity index (χ4n) is 2.52. The highest BCUT2D eigenvalue weighted by Gasteiger charge is 2.17. The maximum absolute atomic E-state index is 13.6. The second-order valence-corrected chi connectivity index (χ2v) is 6.55. The standard InChI is InChI=1S/C17H18FN3O3S/c18-14-6-2-1-5-13(14)16(23)21-17-20-11(10-25-17)8-15(22)19-9-12-4-3-7-24-12/h1-2,5-6,10,12H,3-4,7-9H2,(H,19,22)(H,20,21,23). The van der Waals surface area contributed by atoms with E-state index in [-0.39, 0.29) is 24.0 Å². The number of ether oxygens (including phenoxy) is 1. The number of aromatic nitrogens is 1. The lowest BCUT2D eigenvalue weighted by molar-refractivity contribution is -0.121. The van der Waals surface area contributed by atoms with Crippen molar-refractivity contribution in [2.75, 3.05) is 18.5 Å². The molecule has 2 amide bonds. The first-order valence-corrected chi connectivity index (χ1v) is 8.88. The van der Waals surface area contributed by atoms with E-state index in [0.29, 0.717) is 17.4 Å². The van der Waals surface area contributed by atoms with Crippen LogP contribution in [0.2, 0.25) is 0 Å². The smallest absolute Gasteiger partial charge is 0.260 e. The third-order valence-electron chi connectivity index (χ3n) is 3.78. The molecule has 1 aliphatic rings. The minimum Gasteiger partial charge on any atom is -0.376 e. The van der Waals surface area contributed by atoms with Gasteiger partial charge in [0.25, 0.3) is 5.91 Å². The Labute approximate surface area is 148 Å². The van der Waals surface area contributed by atoms with Gasteiger partial charge in [0.15, 0.2) is 5.13 Å². The van der Waals surface area contributed by atoms with E-state index in [1.54, 1.807) is 11.4 Å². The number of hydrogen-bond donors (Lipinski definition) is 2. The zero-order valence-corrected chi connectivity index (χ0v) is 14.3. The fraction of sp³-hybridized carbons (Fsp3) is 0.353. The van der Waals surface area contributed by atoms with Crippen molar-refractivity contribution in [3.05, 3.63) is 46.7 Å². The maximum Gasteiger partial charge on any atom is 0.260 e. The van der Waals surface area contributed by atoms with Crippen LogP contribution in [-0.2, 0) is 16.0 Å². The van der Waals surface area contributed by atoms with E-state index in [4.69, 9.17) is 4.74 Å². The number of nitrogens with one attached hydrogen (secondary N) is 2. The molecule has 2 N–H and O–H groups in total. The Morgan fingerprint density at radius 1 is 1.36 bits per heavy atom. The van der Waals surface area contributed by atoms with E-state index < -0.39 is 11.7 Å². The van der Waals surface area contributed by atoms with Crippen LogP contribution in [0.15, 0.2) is 29.6 Å². The highest BCUT2D eigenvalue weighted by molar-refractivity contribution is 7.14. The van der Waals surface area contributed by atoms with Gasteiger partial charge in [-0.1, -0.05) is 12.1 Å². The van der Waals surface area contributed by atoms with E-state index in [2.05, 4.69) is 15.6 Å². The number of amides is 2. The average molecular weight is 363 g/mol. The molecule has 0 bridgehead atoms. The van der Waals surface area contributed by atoms with E-state index in [1.807, 2.05) is 0 Å².